The van der Waals surface area contributed by atoms with Gasteiger partial charge in [-0.2, -0.15) is 0 Å². The van der Waals surface area contributed by atoms with E-state index in [0.717, 1.165) is 42.4 Å². The Morgan fingerprint density at radius 2 is 2.21 bits per heavy atom. The molecule has 1 saturated heterocycles. The lowest BCUT2D eigenvalue weighted by Gasteiger charge is -2.34. The highest BCUT2D eigenvalue weighted by atomic mass is 16.3. The quantitative estimate of drug-likeness (QED) is 0.808. The number of hydrogen-bond acceptors (Lipinski definition) is 4. The molecule has 0 amide bonds. The smallest absolute Gasteiger partial charge is 0.0476 e. The average Bonchev–Trinajstić information content (AvgIpc) is 2.48. The van der Waals surface area contributed by atoms with Gasteiger partial charge in [0.25, 0.3) is 0 Å². The molecule has 2 aromatic rings. The fraction of sp³-hybridized carbons (Fsp3) is 0.400. The van der Waals surface area contributed by atoms with E-state index in [0.29, 0.717) is 5.92 Å². The molecule has 0 aliphatic carbocycles. The molecule has 1 aliphatic heterocycles. The number of aliphatic hydroxyl groups is 1. The maximum Gasteiger partial charge on any atom is 0.0476 e. The number of nitrogen functional groups attached to an aromatic ring is 1. The van der Waals surface area contributed by atoms with E-state index in [2.05, 4.69) is 16.0 Å². The molecule has 100 valence electrons. The Morgan fingerprint density at radius 1 is 1.32 bits per heavy atom. The lowest BCUT2D eigenvalue weighted by molar-refractivity contribution is 0.209. The number of aromatic nitrogens is 1. The van der Waals surface area contributed by atoms with Gasteiger partial charge in [0.05, 0.1) is 0 Å². The summed E-state index contributed by atoms with van der Waals surface area (Å²) >= 11 is 0. The minimum absolute atomic E-state index is 0.266. The van der Waals surface area contributed by atoms with Gasteiger partial charge in [0.2, 0.25) is 0 Å². The van der Waals surface area contributed by atoms with Gasteiger partial charge in [-0.25, -0.2) is 0 Å². The van der Waals surface area contributed by atoms with Crippen LogP contribution in [0.5, 0.6) is 0 Å². The third-order valence-corrected chi connectivity index (χ3v) is 3.95. The second-order valence-corrected chi connectivity index (χ2v) is 5.23. The summed E-state index contributed by atoms with van der Waals surface area (Å²) in [4.78, 5) is 6.56. The topological polar surface area (TPSA) is 62.4 Å². The first-order chi connectivity index (χ1) is 9.29. The van der Waals surface area contributed by atoms with Gasteiger partial charge in [0.1, 0.15) is 0 Å². The van der Waals surface area contributed by atoms with Gasteiger partial charge in [-0.3, -0.25) is 4.98 Å². The van der Waals surface area contributed by atoms with Crippen molar-refractivity contribution in [3.8, 4) is 0 Å². The number of piperidine rings is 1. The maximum atomic E-state index is 9.35. The standard InChI is InChI=1S/C15H19N3O/c16-14-3-4-15(13-8-17-6-5-12(13)14)18-7-1-2-11(9-18)10-19/h3-6,8,11,19H,1-2,7,9-10,16H2. The molecule has 0 bridgehead atoms. The molecule has 0 radical (unpaired) electrons. The zero-order valence-electron chi connectivity index (χ0n) is 10.9. The highest BCUT2D eigenvalue weighted by Crippen LogP contribution is 2.32. The fourth-order valence-electron chi connectivity index (χ4n) is 2.91. The summed E-state index contributed by atoms with van der Waals surface area (Å²) in [7, 11) is 0. The van der Waals surface area contributed by atoms with Gasteiger partial charge in [0, 0.05) is 54.2 Å². The Kier molecular flexibility index (Phi) is 3.25. The van der Waals surface area contributed by atoms with Crippen molar-refractivity contribution in [2.45, 2.75) is 12.8 Å². The largest absolute Gasteiger partial charge is 0.398 e. The molecule has 1 aromatic carbocycles. The van der Waals surface area contributed by atoms with Crippen molar-refractivity contribution >= 4 is 22.1 Å². The van der Waals surface area contributed by atoms with Crippen LogP contribution in [0.4, 0.5) is 11.4 Å². The summed E-state index contributed by atoms with van der Waals surface area (Å²) in [6.45, 7) is 2.20. The predicted molar refractivity (Wildman–Crippen MR) is 78.2 cm³/mol. The van der Waals surface area contributed by atoms with Crippen molar-refractivity contribution in [3.63, 3.8) is 0 Å². The Hall–Kier alpha value is -1.81. The van der Waals surface area contributed by atoms with Crippen molar-refractivity contribution in [3.05, 3.63) is 30.6 Å². The molecule has 2 heterocycles. The molecule has 4 nitrogen and oxygen atoms in total. The minimum atomic E-state index is 0.266. The van der Waals surface area contributed by atoms with Crippen LogP contribution in [0.2, 0.25) is 0 Å². The zero-order valence-corrected chi connectivity index (χ0v) is 10.9. The maximum absolute atomic E-state index is 9.35. The molecule has 1 aliphatic rings. The molecular weight excluding hydrogens is 238 g/mol. The first-order valence-corrected chi connectivity index (χ1v) is 6.77. The number of fused-ring (bicyclic) bond motifs is 1. The summed E-state index contributed by atoms with van der Waals surface area (Å²) in [5, 5.41) is 11.5. The minimum Gasteiger partial charge on any atom is -0.398 e. The van der Waals surface area contributed by atoms with E-state index < -0.39 is 0 Å². The zero-order chi connectivity index (χ0) is 13.2. The molecule has 4 heteroatoms. The molecule has 3 rings (SSSR count). The van der Waals surface area contributed by atoms with Crippen molar-refractivity contribution in [1.82, 2.24) is 4.98 Å². The van der Waals surface area contributed by atoms with Gasteiger partial charge in [0.15, 0.2) is 0 Å². The Labute approximate surface area is 112 Å². The van der Waals surface area contributed by atoms with Gasteiger partial charge in [-0.05, 0) is 37.0 Å². The van der Waals surface area contributed by atoms with Crippen LogP contribution in [-0.2, 0) is 0 Å². The normalized spacial score (nSPS) is 19.8. The summed E-state index contributed by atoms with van der Waals surface area (Å²) in [6.07, 6.45) is 5.88. The fourth-order valence-corrected chi connectivity index (χ4v) is 2.91. The van der Waals surface area contributed by atoms with Crippen LogP contribution in [0.15, 0.2) is 30.6 Å². The lowest BCUT2D eigenvalue weighted by Crippen LogP contribution is -2.36. The van der Waals surface area contributed by atoms with E-state index in [1.165, 1.54) is 5.69 Å². The molecule has 0 saturated carbocycles. The second kappa shape index (κ2) is 5.05. The second-order valence-electron chi connectivity index (χ2n) is 5.23. The first-order valence-electron chi connectivity index (χ1n) is 6.77. The summed E-state index contributed by atoms with van der Waals surface area (Å²) in [6, 6.07) is 5.99. The van der Waals surface area contributed by atoms with E-state index in [9.17, 15) is 5.11 Å². The van der Waals surface area contributed by atoms with Crippen LogP contribution in [0, 0.1) is 5.92 Å². The van der Waals surface area contributed by atoms with Crippen LogP contribution in [0.25, 0.3) is 10.8 Å². The monoisotopic (exact) mass is 257 g/mol. The van der Waals surface area contributed by atoms with E-state index in [4.69, 9.17) is 5.73 Å². The van der Waals surface area contributed by atoms with Crippen molar-refractivity contribution < 1.29 is 5.11 Å². The summed E-state index contributed by atoms with van der Waals surface area (Å²) < 4.78 is 0. The predicted octanol–water partition coefficient (Wildman–Crippen LogP) is 2.03. The highest BCUT2D eigenvalue weighted by Gasteiger charge is 2.21. The third kappa shape index (κ3) is 2.24. The molecular formula is C15H19N3O. The first kappa shape index (κ1) is 12.2. The van der Waals surface area contributed by atoms with Crippen LogP contribution in [0.1, 0.15) is 12.8 Å². The number of benzene rings is 1. The van der Waals surface area contributed by atoms with Crippen LogP contribution in [-0.4, -0.2) is 29.8 Å². The molecule has 3 N–H and O–H groups in total. The van der Waals surface area contributed by atoms with Gasteiger partial charge >= 0.3 is 0 Å². The number of anilines is 2. The number of pyridine rings is 1. The van der Waals surface area contributed by atoms with E-state index in [1.54, 1.807) is 6.20 Å². The summed E-state index contributed by atoms with van der Waals surface area (Å²) in [5.41, 5.74) is 7.99. The van der Waals surface area contributed by atoms with Crippen molar-refractivity contribution in [2.75, 3.05) is 30.3 Å². The number of nitrogens with two attached hydrogens (primary N) is 1. The van der Waals surface area contributed by atoms with Crippen LogP contribution in [0.3, 0.4) is 0 Å². The lowest BCUT2D eigenvalue weighted by atomic mass is 9.97. The number of nitrogens with zero attached hydrogens (tertiary/aromatic N) is 2. The van der Waals surface area contributed by atoms with Crippen LogP contribution < -0.4 is 10.6 Å². The van der Waals surface area contributed by atoms with Crippen molar-refractivity contribution in [1.29, 1.82) is 0 Å². The van der Waals surface area contributed by atoms with E-state index in [1.807, 2.05) is 18.3 Å². The average molecular weight is 257 g/mol. The molecule has 1 aromatic heterocycles. The number of hydrogen-bond donors (Lipinski definition) is 2. The van der Waals surface area contributed by atoms with E-state index >= 15 is 0 Å². The van der Waals surface area contributed by atoms with E-state index in [-0.39, 0.29) is 6.61 Å². The number of rotatable bonds is 2. The highest BCUT2D eigenvalue weighted by molar-refractivity contribution is 6.00. The van der Waals surface area contributed by atoms with Gasteiger partial charge in [-0.1, -0.05) is 0 Å². The van der Waals surface area contributed by atoms with Crippen molar-refractivity contribution in [2.24, 2.45) is 5.92 Å². The SMILES string of the molecule is Nc1ccc(N2CCCC(CO)C2)c2cnccc12. The number of aliphatic hydroxyl groups excluding tert-OH is 1. The van der Waals surface area contributed by atoms with Crippen LogP contribution >= 0.6 is 0 Å². The third-order valence-electron chi connectivity index (χ3n) is 3.95. The van der Waals surface area contributed by atoms with Gasteiger partial charge < -0.3 is 15.7 Å². The summed E-state index contributed by atoms with van der Waals surface area (Å²) in [5.74, 6) is 0.373. The molecule has 0 spiro atoms. The van der Waals surface area contributed by atoms with Gasteiger partial charge in [-0.15, -0.1) is 0 Å². The molecule has 1 fully saturated rings. The Morgan fingerprint density at radius 3 is 3.05 bits per heavy atom. The molecule has 19 heavy (non-hydrogen) atoms. The Balaban J connectivity index is 2.03. The Bertz CT molecular complexity index is 585. The molecule has 1 atom stereocenters. The molecule has 1 unspecified atom stereocenters.